The van der Waals surface area contributed by atoms with E-state index in [0.717, 1.165) is 11.3 Å². The van der Waals surface area contributed by atoms with Gasteiger partial charge in [-0.3, -0.25) is 0 Å². The summed E-state index contributed by atoms with van der Waals surface area (Å²) in [4.78, 5) is 8.91. The molecule has 2 aliphatic heterocycles. The van der Waals surface area contributed by atoms with Gasteiger partial charge in [-0.25, -0.2) is 14.4 Å². The molecule has 5 rings (SSSR count). The Morgan fingerprint density at radius 3 is 2.55 bits per heavy atom. The molecule has 2 aliphatic rings. The summed E-state index contributed by atoms with van der Waals surface area (Å²) in [5, 5.41) is 4.80. The molecule has 5 nitrogen and oxygen atoms in total. The van der Waals surface area contributed by atoms with Crippen molar-refractivity contribution in [3.05, 3.63) is 89.7 Å². The number of fused-ring (bicyclic) bond motifs is 1. The second-order valence-corrected chi connectivity index (χ2v) is 7.04. The van der Waals surface area contributed by atoms with Gasteiger partial charge in [0, 0.05) is 29.0 Å². The molecule has 0 unspecified atom stereocenters. The first-order chi connectivity index (χ1) is 14.2. The molecule has 2 aromatic carbocycles. The fraction of sp³-hybridized carbons (Fsp3) is 0.0455. The number of halogens is 2. The first kappa shape index (κ1) is 17.6. The molecule has 0 N–H and O–H groups in total. The topological polar surface area (TPSA) is 56.7 Å². The van der Waals surface area contributed by atoms with Crippen LogP contribution in [0.15, 0.2) is 77.6 Å². The van der Waals surface area contributed by atoms with Crippen molar-refractivity contribution in [2.45, 2.75) is 6.54 Å². The zero-order valence-electron chi connectivity index (χ0n) is 15.1. The number of hydrogen-bond donors (Lipinski definition) is 0. The molecule has 0 saturated heterocycles. The molecular weight excluding hydrogens is 391 g/mol. The Balaban J connectivity index is 1.41. The van der Waals surface area contributed by atoms with Crippen molar-refractivity contribution in [1.29, 1.82) is 0 Å². The van der Waals surface area contributed by atoms with Gasteiger partial charge in [0.1, 0.15) is 17.2 Å². The van der Waals surface area contributed by atoms with Crippen LogP contribution in [0, 0.1) is 5.82 Å². The molecule has 142 valence electrons. The van der Waals surface area contributed by atoms with Crippen LogP contribution < -0.4 is 0 Å². The van der Waals surface area contributed by atoms with Gasteiger partial charge in [-0.05, 0) is 30.3 Å². The highest BCUT2D eigenvalue weighted by Crippen LogP contribution is 2.27. The number of hydrogen-bond acceptors (Lipinski definition) is 4. The molecular formula is C22H14ClFN4O. The smallest absolute Gasteiger partial charge is 0.163 e. The summed E-state index contributed by atoms with van der Waals surface area (Å²) in [5.41, 5.74) is 3.45. The summed E-state index contributed by atoms with van der Waals surface area (Å²) >= 11 is 5.93. The van der Waals surface area contributed by atoms with Crippen molar-refractivity contribution in [3.8, 4) is 34.0 Å². The van der Waals surface area contributed by atoms with E-state index in [1.165, 1.54) is 6.07 Å². The fourth-order valence-corrected chi connectivity index (χ4v) is 3.26. The summed E-state index contributed by atoms with van der Waals surface area (Å²) < 4.78 is 21.4. The lowest BCUT2D eigenvalue weighted by molar-refractivity contribution is 0.378. The number of aromatic nitrogens is 4. The van der Waals surface area contributed by atoms with Crippen molar-refractivity contribution >= 4 is 11.6 Å². The SMILES string of the molecule is Fc1ccccc1-c1nc2ccn(Cc3cc(-c4ccc(Cl)cc4)no3)cc-2n1. The van der Waals surface area contributed by atoms with Crippen LogP contribution in [0.25, 0.3) is 34.0 Å². The second-order valence-electron chi connectivity index (χ2n) is 6.60. The lowest BCUT2D eigenvalue weighted by Gasteiger charge is -2.04. The van der Waals surface area contributed by atoms with E-state index < -0.39 is 0 Å². The minimum Gasteiger partial charge on any atom is -0.359 e. The third kappa shape index (κ3) is 3.50. The maximum absolute atomic E-state index is 14.0. The number of benzene rings is 2. The molecule has 7 heteroatoms. The van der Waals surface area contributed by atoms with Crippen LogP contribution in [-0.4, -0.2) is 19.7 Å². The van der Waals surface area contributed by atoms with Crippen LogP contribution in [0.3, 0.4) is 0 Å². The van der Waals surface area contributed by atoms with E-state index in [0.29, 0.717) is 40.1 Å². The highest BCUT2D eigenvalue weighted by Gasteiger charge is 2.15. The third-order valence-electron chi connectivity index (χ3n) is 4.58. The highest BCUT2D eigenvalue weighted by atomic mass is 35.5. The third-order valence-corrected chi connectivity index (χ3v) is 4.83. The predicted molar refractivity (Wildman–Crippen MR) is 108 cm³/mol. The summed E-state index contributed by atoms with van der Waals surface area (Å²) in [5.74, 6) is 0.737. The lowest BCUT2D eigenvalue weighted by Crippen LogP contribution is -1.99. The van der Waals surface area contributed by atoms with Crippen LogP contribution in [0.5, 0.6) is 0 Å². The van der Waals surface area contributed by atoms with Crippen LogP contribution in [0.2, 0.25) is 5.02 Å². The van der Waals surface area contributed by atoms with Crippen LogP contribution in [-0.2, 0) is 6.54 Å². The normalized spacial score (nSPS) is 11.2. The molecule has 3 aromatic rings. The molecule has 0 bridgehead atoms. The highest BCUT2D eigenvalue weighted by molar-refractivity contribution is 6.30. The first-order valence-electron chi connectivity index (χ1n) is 8.96. The fourth-order valence-electron chi connectivity index (χ4n) is 3.14. The zero-order valence-corrected chi connectivity index (χ0v) is 15.8. The minimum absolute atomic E-state index is 0.341. The molecule has 3 heterocycles. The van der Waals surface area contributed by atoms with Gasteiger partial charge in [0.2, 0.25) is 0 Å². The van der Waals surface area contributed by atoms with Crippen LogP contribution in [0.4, 0.5) is 4.39 Å². The van der Waals surface area contributed by atoms with Crippen molar-refractivity contribution in [1.82, 2.24) is 19.7 Å². The van der Waals surface area contributed by atoms with Crippen molar-refractivity contribution < 1.29 is 8.91 Å². The van der Waals surface area contributed by atoms with Gasteiger partial charge in [-0.2, -0.15) is 0 Å². The Labute approximate surface area is 170 Å². The number of pyridine rings is 1. The molecule has 29 heavy (non-hydrogen) atoms. The summed E-state index contributed by atoms with van der Waals surface area (Å²) in [6.45, 7) is 0.485. The van der Waals surface area contributed by atoms with Crippen molar-refractivity contribution in [2.75, 3.05) is 0 Å². The van der Waals surface area contributed by atoms with Crippen molar-refractivity contribution in [3.63, 3.8) is 0 Å². The molecule has 0 atom stereocenters. The Morgan fingerprint density at radius 1 is 0.931 bits per heavy atom. The molecule has 0 aliphatic carbocycles. The second kappa shape index (κ2) is 7.14. The summed E-state index contributed by atoms with van der Waals surface area (Å²) in [7, 11) is 0. The largest absolute Gasteiger partial charge is 0.359 e. The standard InChI is InChI=1S/C22H14ClFN4O/c23-15-7-5-14(6-8-15)20-11-16(29-27-20)12-28-10-9-19-21(13-28)26-22(25-19)17-3-1-2-4-18(17)24/h1-11,13H,12H2. The van der Waals surface area contributed by atoms with Crippen LogP contribution in [0.1, 0.15) is 5.76 Å². The minimum atomic E-state index is -0.341. The van der Waals surface area contributed by atoms with Gasteiger partial charge in [0.15, 0.2) is 11.6 Å². The maximum Gasteiger partial charge on any atom is 0.163 e. The summed E-state index contributed by atoms with van der Waals surface area (Å²) in [6, 6.07) is 17.6. The number of imidazole rings is 1. The summed E-state index contributed by atoms with van der Waals surface area (Å²) in [6.07, 6.45) is 3.74. The molecule has 0 radical (unpaired) electrons. The monoisotopic (exact) mass is 404 g/mol. The van der Waals surface area contributed by atoms with Crippen molar-refractivity contribution in [2.24, 2.45) is 0 Å². The maximum atomic E-state index is 14.0. The van der Waals surface area contributed by atoms with E-state index in [9.17, 15) is 4.39 Å². The average molecular weight is 405 g/mol. The van der Waals surface area contributed by atoms with Gasteiger partial charge < -0.3 is 9.09 Å². The molecule has 0 spiro atoms. The van der Waals surface area contributed by atoms with Gasteiger partial charge in [0.25, 0.3) is 0 Å². The first-order valence-corrected chi connectivity index (χ1v) is 9.33. The van der Waals surface area contributed by atoms with E-state index in [-0.39, 0.29) is 5.82 Å². The number of nitrogens with zero attached hydrogens (tertiary/aromatic N) is 4. The quantitative estimate of drug-likeness (QED) is 0.394. The van der Waals surface area contributed by atoms with Gasteiger partial charge in [-0.1, -0.05) is 41.0 Å². The Hall–Kier alpha value is -3.51. The predicted octanol–water partition coefficient (Wildman–Crippen LogP) is 5.55. The molecule has 1 aromatic heterocycles. The number of rotatable bonds is 4. The molecule has 0 saturated carbocycles. The van der Waals surface area contributed by atoms with Crippen LogP contribution >= 0.6 is 11.6 Å². The molecule has 0 fully saturated rings. The zero-order chi connectivity index (χ0) is 19.8. The van der Waals surface area contributed by atoms with E-state index in [2.05, 4.69) is 15.1 Å². The van der Waals surface area contributed by atoms with Gasteiger partial charge in [-0.15, -0.1) is 0 Å². The Morgan fingerprint density at radius 2 is 1.72 bits per heavy atom. The average Bonchev–Trinajstić information content (AvgIpc) is 3.35. The lowest BCUT2D eigenvalue weighted by atomic mass is 10.1. The van der Waals surface area contributed by atoms with E-state index in [4.69, 9.17) is 16.1 Å². The van der Waals surface area contributed by atoms with Gasteiger partial charge in [0.05, 0.1) is 17.8 Å². The van der Waals surface area contributed by atoms with E-state index in [1.807, 2.05) is 53.4 Å². The Kier molecular flexibility index (Phi) is 4.33. The molecule has 0 amide bonds. The van der Waals surface area contributed by atoms with E-state index >= 15 is 0 Å². The van der Waals surface area contributed by atoms with E-state index in [1.54, 1.807) is 18.2 Å². The van der Waals surface area contributed by atoms with Gasteiger partial charge >= 0.3 is 0 Å². The Bertz CT molecular complexity index is 1260.